The minimum Gasteiger partial charge on any atom is -0.507 e. The molecule has 1 unspecified atom stereocenters. The van der Waals surface area contributed by atoms with Gasteiger partial charge in [-0.2, -0.15) is 0 Å². The topological polar surface area (TPSA) is 93.1 Å². The van der Waals surface area contributed by atoms with E-state index in [2.05, 4.69) is 0 Å². The van der Waals surface area contributed by atoms with E-state index in [1.54, 1.807) is 48.5 Å². The number of aliphatic hydroxyl groups is 1. The van der Waals surface area contributed by atoms with Crippen LogP contribution in [0.4, 0.5) is 5.69 Å². The number of halogens is 1. The maximum Gasteiger partial charge on any atom is 0.308 e. The lowest BCUT2D eigenvalue weighted by Gasteiger charge is -2.26. The van der Waals surface area contributed by atoms with Gasteiger partial charge < -0.3 is 14.6 Å². The highest BCUT2D eigenvalue weighted by atomic mass is 35.5. The summed E-state index contributed by atoms with van der Waals surface area (Å²) in [4.78, 5) is 39.4. The zero-order valence-electron chi connectivity index (χ0n) is 19.9. The van der Waals surface area contributed by atoms with E-state index in [1.165, 1.54) is 25.0 Å². The predicted molar refractivity (Wildman–Crippen MR) is 136 cm³/mol. The number of rotatable bonds is 6. The van der Waals surface area contributed by atoms with Crippen molar-refractivity contribution in [3.63, 3.8) is 0 Å². The number of nitrogens with zero attached hydrogens (tertiary/aromatic N) is 1. The molecule has 3 aromatic carbocycles. The highest BCUT2D eigenvalue weighted by Crippen LogP contribution is 2.44. The number of amides is 1. The first-order chi connectivity index (χ1) is 17.2. The summed E-state index contributed by atoms with van der Waals surface area (Å²) < 4.78 is 10.5. The maximum absolute atomic E-state index is 13.4. The van der Waals surface area contributed by atoms with Gasteiger partial charge in [-0.3, -0.25) is 19.3 Å². The van der Waals surface area contributed by atoms with E-state index >= 15 is 0 Å². The van der Waals surface area contributed by atoms with E-state index in [0.29, 0.717) is 27.8 Å². The second-order valence-corrected chi connectivity index (χ2v) is 8.63. The van der Waals surface area contributed by atoms with Crippen molar-refractivity contribution in [2.45, 2.75) is 26.3 Å². The molecule has 1 fully saturated rings. The minimum atomic E-state index is -0.951. The zero-order chi connectivity index (χ0) is 26.0. The van der Waals surface area contributed by atoms with Crippen LogP contribution in [-0.4, -0.2) is 29.9 Å². The van der Waals surface area contributed by atoms with Crippen molar-refractivity contribution in [3.05, 3.63) is 94.0 Å². The Morgan fingerprint density at radius 3 is 2.28 bits per heavy atom. The Hall–Kier alpha value is -4.10. The van der Waals surface area contributed by atoms with Crippen molar-refractivity contribution in [3.8, 4) is 11.5 Å². The van der Waals surface area contributed by atoms with Crippen LogP contribution < -0.4 is 14.4 Å². The summed E-state index contributed by atoms with van der Waals surface area (Å²) in [6, 6.07) is 17.4. The number of hydrogen-bond acceptors (Lipinski definition) is 6. The molecule has 1 saturated heterocycles. The van der Waals surface area contributed by atoms with Crippen LogP contribution in [0.1, 0.15) is 36.6 Å². The number of Topliss-reactive ketones (excluding diaryl/α,β-unsaturated/α-hetero) is 1. The number of anilines is 1. The zero-order valence-corrected chi connectivity index (χ0v) is 20.7. The molecule has 1 aliphatic rings. The summed E-state index contributed by atoms with van der Waals surface area (Å²) >= 11 is 6.16. The smallest absolute Gasteiger partial charge is 0.308 e. The van der Waals surface area contributed by atoms with Crippen molar-refractivity contribution in [2.24, 2.45) is 0 Å². The van der Waals surface area contributed by atoms with Crippen molar-refractivity contribution >= 4 is 40.7 Å². The van der Waals surface area contributed by atoms with E-state index in [1.807, 2.05) is 19.1 Å². The molecule has 0 aliphatic carbocycles. The quantitative estimate of drug-likeness (QED) is 0.157. The summed E-state index contributed by atoms with van der Waals surface area (Å²) in [7, 11) is 1.43. The fraction of sp³-hybridized carbons (Fsp3) is 0.179. The Bertz CT molecular complexity index is 1360. The van der Waals surface area contributed by atoms with Crippen LogP contribution in [0.25, 0.3) is 5.76 Å². The third-order valence-corrected chi connectivity index (χ3v) is 6.18. The first kappa shape index (κ1) is 25.0. The molecule has 1 N–H and O–H groups in total. The Labute approximate surface area is 213 Å². The van der Waals surface area contributed by atoms with E-state index in [4.69, 9.17) is 21.1 Å². The lowest BCUT2D eigenvalue weighted by molar-refractivity contribution is -0.132. The van der Waals surface area contributed by atoms with E-state index in [-0.39, 0.29) is 11.1 Å². The molecule has 0 bridgehead atoms. The molecule has 36 heavy (non-hydrogen) atoms. The summed E-state index contributed by atoms with van der Waals surface area (Å²) in [5.74, 6) is -1.90. The van der Waals surface area contributed by atoms with Gasteiger partial charge in [-0.15, -0.1) is 0 Å². The molecule has 4 rings (SSSR count). The number of carbonyl (C=O) groups excluding carboxylic acids is 3. The molecule has 0 radical (unpaired) electrons. The summed E-state index contributed by atoms with van der Waals surface area (Å²) in [6.45, 7) is 3.31. The van der Waals surface area contributed by atoms with Gasteiger partial charge in [-0.25, -0.2) is 0 Å². The maximum atomic E-state index is 13.4. The fourth-order valence-electron chi connectivity index (χ4n) is 4.20. The number of benzene rings is 3. The molecule has 1 heterocycles. The second-order valence-electron chi connectivity index (χ2n) is 8.20. The molecular weight excluding hydrogens is 482 g/mol. The van der Waals surface area contributed by atoms with Crippen LogP contribution in [0.2, 0.25) is 5.02 Å². The lowest BCUT2D eigenvalue weighted by atomic mass is 9.94. The van der Waals surface area contributed by atoms with Gasteiger partial charge >= 0.3 is 5.97 Å². The van der Waals surface area contributed by atoms with E-state index in [9.17, 15) is 19.5 Å². The average Bonchev–Trinajstić information content (AvgIpc) is 3.14. The number of hydrogen-bond donors (Lipinski definition) is 1. The van der Waals surface area contributed by atoms with Crippen LogP contribution in [0.15, 0.2) is 72.3 Å². The van der Waals surface area contributed by atoms with Crippen LogP contribution in [-0.2, 0) is 20.8 Å². The molecule has 1 aliphatic heterocycles. The van der Waals surface area contributed by atoms with Gasteiger partial charge in [0.15, 0.2) is 0 Å². The lowest BCUT2D eigenvalue weighted by Crippen LogP contribution is -2.29. The monoisotopic (exact) mass is 505 g/mol. The Morgan fingerprint density at radius 2 is 1.69 bits per heavy atom. The van der Waals surface area contributed by atoms with Crippen molar-refractivity contribution < 1.29 is 29.0 Å². The van der Waals surface area contributed by atoms with Gasteiger partial charge in [0.05, 0.1) is 24.3 Å². The molecule has 0 spiro atoms. The molecule has 1 amide bonds. The highest BCUT2D eigenvalue weighted by molar-refractivity contribution is 6.51. The van der Waals surface area contributed by atoms with Gasteiger partial charge in [0.25, 0.3) is 11.7 Å². The molecule has 0 aromatic heterocycles. The average molecular weight is 506 g/mol. The van der Waals surface area contributed by atoms with E-state index < -0.39 is 29.5 Å². The predicted octanol–water partition coefficient (Wildman–Crippen LogP) is 5.46. The van der Waals surface area contributed by atoms with Gasteiger partial charge in [0, 0.05) is 17.6 Å². The number of aryl methyl sites for hydroxylation is 1. The number of methoxy groups -OCH3 is 1. The summed E-state index contributed by atoms with van der Waals surface area (Å²) in [5, 5.41) is 11.7. The third kappa shape index (κ3) is 4.70. The van der Waals surface area contributed by atoms with Crippen LogP contribution in [0.3, 0.4) is 0 Å². The Morgan fingerprint density at radius 1 is 1.03 bits per heavy atom. The third-order valence-electron chi connectivity index (χ3n) is 5.94. The number of aliphatic hydroxyl groups excluding tert-OH is 1. The van der Waals surface area contributed by atoms with Crippen molar-refractivity contribution in [1.29, 1.82) is 0 Å². The van der Waals surface area contributed by atoms with E-state index in [0.717, 1.165) is 12.0 Å². The molecule has 7 nitrogen and oxygen atoms in total. The first-order valence-electron chi connectivity index (χ1n) is 11.3. The number of carbonyl (C=O) groups is 3. The fourth-order valence-corrected chi connectivity index (χ4v) is 4.37. The van der Waals surface area contributed by atoms with Gasteiger partial charge in [-0.05, 0) is 60.0 Å². The van der Waals surface area contributed by atoms with Gasteiger partial charge in [-0.1, -0.05) is 42.8 Å². The number of ketones is 1. The van der Waals surface area contributed by atoms with Crippen molar-refractivity contribution in [1.82, 2.24) is 0 Å². The van der Waals surface area contributed by atoms with Crippen molar-refractivity contribution in [2.75, 3.05) is 12.0 Å². The number of ether oxygens (including phenoxy) is 2. The van der Waals surface area contributed by atoms with Crippen LogP contribution in [0.5, 0.6) is 11.5 Å². The Balaban J connectivity index is 1.93. The van der Waals surface area contributed by atoms with Gasteiger partial charge in [0.1, 0.15) is 17.3 Å². The standard InChI is InChI=1S/C28H24ClNO6/c1-4-17-5-10-20(11-6-17)30-25(18-7-12-21(13-8-18)36-16(2)31)24(27(33)28(30)34)26(32)22-15-19(29)9-14-23(22)35-3/h5-15,25,32H,4H2,1-3H3/b26-24+. The molecular formula is C28H24ClNO6. The molecule has 0 saturated carbocycles. The van der Waals surface area contributed by atoms with Crippen LogP contribution >= 0.6 is 11.6 Å². The molecule has 184 valence electrons. The highest BCUT2D eigenvalue weighted by Gasteiger charge is 2.47. The SMILES string of the molecule is CCc1ccc(N2C(=O)C(=O)/C(=C(/O)c3cc(Cl)ccc3OC)C2c2ccc(OC(C)=O)cc2)cc1. The molecule has 1 atom stereocenters. The van der Waals surface area contributed by atoms with Gasteiger partial charge in [0.2, 0.25) is 0 Å². The van der Waals surface area contributed by atoms with Crippen LogP contribution in [0, 0.1) is 0 Å². The Kier molecular flexibility index (Phi) is 7.12. The first-order valence-corrected chi connectivity index (χ1v) is 11.6. The largest absolute Gasteiger partial charge is 0.507 e. The normalized spacial score (nSPS) is 16.8. The summed E-state index contributed by atoms with van der Waals surface area (Å²) in [5.41, 5.74) is 2.18. The minimum absolute atomic E-state index is 0.111. The number of esters is 1. The second kappa shape index (κ2) is 10.3. The molecule has 3 aromatic rings. The molecule has 8 heteroatoms. The summed E-state index contributed by atoms with van der Waals surface area (Å²) in [6.07, 6.45) is 0.814.